The molecule has 0 amide bonds. The Balaban J connectivity index is 5.32. The van der Waals surface area contributed by atoms with Crippen molar-refractivity contribution >= 4 is 52.8 Å². The molecule has 0 spiro atoms. The van der Waals surface area contributed by atoms with Crippen molar-refractivity contribution in [3.8, 4) is 0 Å². The van der Waals surface area contributed by atoms with Crippen LogP contribution >= 0.6 is 30.0 Å². The molecule has 0 fully saturated rings. The predicted octanol–water partition coefficient (Wildman–Crippen LogP) is 6.74. The van der Waals surface area contributed by atoms with E-state index in [1.165, 1.54) is 0 Å². The van der Waals surface area contributed by atoms with Crippen molar-refractivity contribution in [3.63, 3.8) is 0 Å². The maximum Gasteiger partial charge on any atom is 0.171 e. The zero-order valence-electron chi connectivity index (χ0n) is 36.1. The topological polar surface area (TPSA) is 88.3 Å². The maximum absolute atomic E-state index is 5.82. The molecule has 50 heavy (non-hydrogen) atoms. The third-order valence-electron chi connectivity index (χ3n) is 8.46. The van der Waals surface area contributed by atoms with Crippen molar-refractivity contribution in [2.75, 3.05) is 169 Å². The molecule has 20 heteroatoms. The van der Waals surface area contributed by atoms with Crippen LogP contribution < -0.4 is 0 Å². The number of nitrogens with zero attached hydrogens (tertiary/aromatic N) is 16. The second-order valence-corrected chi connectivity index (χ2v) is 29.2. The Kier molecular flexibility index (Phi) is 17.5. The van der Waals surface area contributed by atoms with Crippen LogP contribution in [0.2, 0.25) is 0 Å². The summed E-state index contributed by atoms with van der Waals surface area (Å²) in [6.07, 6.45) is 0. The molecule has 0 atom stereocenters. The van der Waals surface area contributed by atoms with E-state index < -0.39 is 30.0 Å². The van der Waals surface area contributed by atoms with Gasteiger partial charge in [-0.15, -0.1) is 0 Å². The Morgan fingerprint density at radius 1 is 0.280 bits per heavy atom. The Morgan fingerprint density at radius 3 is 0.660 bits per heavy atom. The van der Waals surface area contributed by atoms with Crippen LogP contribution in [0, 0.1) is 0 Å². The fourth-order valence-corrected chi connectivity index (χ4v) is 19.4. The van der Waals surface area contributed by atoms with Crippen molar-refractivity contribution in [2.45, 2.75) is 0 Å². The maximum atomic E-state index is 5.82. The summed E-state index contributed by atoms with van der Waals surface area (Å²) in [5.41, 5.74) is 3.07. The summed E-state index contributed by atoms with van der Waals surface area (Å²) >= 11 is 0. The van der Waals surface area contributed by atoms with Crippen molar-refractivity contribution < 1.29 is 0 Å². The van der Waals surface area contributed by atoms with Gasteiger partial charge in [0.25, 0.3) is 0 Å². The zero-order chi connectivity index (χ0) is 39.5. The molecule has 1 rings (SSSR count). The van der Waals surface area contributed by atoms with Crippen molar-refractivity contribution in [1.82, 2.24) is 56.0 Å². The Morgan fingerprint density at radius 2 is 0.460 bits per heavy atom. The number of hydrogen-bond donors (Lipinski definition) is 0. The van der Waals surface area contributed by atoms with Crippen LogP contribution in [0.25, 0.3) is 0 Å². The van der Waals surface area contributed by atoms with Gasteiger partial charge in [-0.1, -0.05) is 0 Å². The van der Waals surface area contributed by atoms with Gasteiger partial charge in [-0.2, -0.15) is 0 Å². The van der Waals surface area contributed by atoms with Crippen LogP contribution in [0.1, 0.15) is 0 Å². The van der Waals surface area contributed by atoms with Crippen LogP contribution in [0.3, 0.4) is 0 Å². The SMILES string of the molecule is CN(C)P(=Nc1cc(N=P(N(C)C)(N(C)C)N(C)C)c(N=P(N(C)C)(N(C)C)N(C)C)c(N=P(N(C)C)(N(C)C)N(C)C)c1)(N(C)C)N(C)C. The average molecular weight is 783 g/mol. The first-order chi connectivity index (χ1) is 22.7. The molecule has 294 valence electrons. The van der Waals surface area contributed by atoms with Gasteiger partial charge < -0.3 is 0 Å². The molecular formula is C30H74N16P4. The molecule has 1 aromatic rings. The van der Waals surface area contributed by atoms with Gasteiger partial charge >= 0.3 is 0 Å². The summed E-state index contributed by atoms with van der Waals surface area (Å²) in [4.78, 5) is 0. The molecule has 0 radical (unpaired) electrons. The lowest BCUT2D eigenvalue weighted by Crippen LogP contribution is -2.31. The molecule has 0 heterocycles. The summed E-state index contributed by atoms with van der Waals surface area (Å²) in [6, 6.07) is 4.26. The minimum Gasteiger partial charge on any atom is -0.252 e. The van der Waals surface area contributed by atoms with Gasteiger partial charge in [-0.3, -0.25) is 56.0 Å². The molecule has 0 saturated carbocycles. The Hall–Kier alpha value is -0.340. The van der Waals surface area contributed by atoms with E-state index in [1.807, 2.05) is 0 Å². The molecule has 0 aliphatic heterocycles. The van der Waals surface area contributed by atoms with E-state index in [4.69, 9.17) is 19.0 Å². The zero-order valence-corrected chi connectivity index (χ0v) is 39.7. The van der Waals surface area contributed by atoms with Gasteiger partial charge in [0, 0.05) is 0 Å². The number of benzene rings is 1. The highest BCUT2D eigenvalue weighted by atomic mass is 31.2. The summed E-state index contributed by atoms with van der Waals surface area (Å²) in [6.45, 7) is 0. The second-order valence-electron chi connectivity index (χ2n) is 14.5. The van der Waals surface area contributed by atoms with E-state index in [0.29, 0.717) is 0 Å². The lowest BCUT2D eigenvalue weighted by atomic mass is 10.2. The van der Waals surface area contributed by atoms with Crippen LogP contribution in [0.15, 0.2) is 31.1 Å². The first-order valence-corrected chi connectivity index (χ1v) is 22.9. The minimum absolute atomic E-state index is 0.752. The van der Waals surface area contributed by atoms with E-state index in [1.54, 1.807) is 0 Å². The van der Waals surface area contributed by atoms with Gasteiger partial charge in [-0.05, 0) is 181 Å². The van der Waals surface area contributed by atoms with Crippen LogP contribution in [-0.4, -0.2) is 225 Å². The highest BCUT2D eigenvalue weighted by Crippen LogP contribution is 2.66. The standard InChI is InChI=1S/C30H74N16P4/c1-35(2)47(36(3)4,37(5)6)31-27-25-28(32-48(38(7)8,39(9)10)40(11)12)30(34-50(44(19)20,45(21)22)46(23)24)29(26-27)33-49(41(13)14,42(15)16)43(17)18/h25-26H,1-24H3. The minimum atomic E-state index is -2.46. The van der Waals surface area contributed by atoms with Gasteiger partial charge in [0.2, 0.25) is 0 Å². The first-order valence-electron chi connectivity index (χ1n) is 16.5. The third kappa shape index (κ3) is 8.95. The normalized spacial score (nSPS) is 14.2. The third-order valence-corrected chi connectivity index (χ3v) is 23.3. The molecule has 0 N–H and O–H groups in total. The lowest BCUT2D eigenvalue weighted by molar-refractivity contribution is 0.473. The fourth-order valence-electron chi connectivity index (χ4n) is 6.85. The van der Waals surface area contributed by atoms with Crippen LogP contribution in [0.5, 0.6) is 0 Å². The predicted molar refractivity (Wildman–Crippen MR) is 227 cm³/mol. The largest absolute Gasteiger partial charge is 0.252 e. The highest BCUT2D eigenvalue weighted by Gasteiger charge is 2.35. The van der Waals surface area contributed by atoms with E-state index in [0.717, 1.165) is 22.7 Å². The molecular weight excluding hydrogens is 708 g/mol. The van der Waals surface area contributed by atoms with Crippen molar-refractivity contribution in [1.29, 1.82) is 0 Å². The Bertz CT molecular complexity index is 1330. The molecule has 0 aromatic heterocycles. The second kappa shape index (κ2) is 18.3. The summed E-state index contributed by atoms with van der Waals surface area (Å²) in [5, 5.41) is 0. The summed E-state index contributed by atoms with van der Waals surface area (Å²) in [7, 11) is 40.8. The van der Waals surface area contributed by atoms with E-state index in [9.17, 15) is 0 Å². The average Bonchev–Trinajstić information content (AvgIpc) is 2.94. The molecule has 16 nitrogen and oxygen atoms in total. The van der Waals surface area contributed by atoms with Gasteiger partial charge in [-0.25, -0.2) is 19.0 Å². The number of rotatable bonds is 16. The monoisotopic (exact) mass is 783 g/mol. The summed E-state index contributed by atoms with van der Waals surface area (Å²) < 4.78 is 49.8. The van der Waals surface area contributed by atoms with Gasteiger partial charge in [0.05, 0.1) is 17.1 Å². The van der Waals surface area contributed by atoms with E-state index in [2.05, 4.69) is 237 Å². The van der Waals surface area contributed by atoms with Crippen molar-refractivity contribution in [3.05, 3.63) is 12.1 Å². The summed E-state index contributed by atoms with van der Waals surface area (Å²) in [5.74, 6) is 0. The van der Waals surface area contributed by atoms with E-state index in [-0.39, 0.29) is 0 Å². The van der Waals surface area contributed by atoms with E-state index >= 15 is 0 Å². The quantitative estimate of drug-likeness (QED) is 0.167. The molecule has 0 aliphatic rings. The molecule has 0 unspecified atom stereocenters. The first kappa shape index (κ1) is 47.7. The van der Waals surface area contributed by atoms with Gasteiger partial charge in [0.1, 0.15) is 5.69 Å². The van der Waals surface area contributed by atoms with Crippen molar-refractivity contribution in [2.24, 2.45) is 19.0 Å². The molecule has 0 bridgehead atoms. The molecule has 0 saturated heterocycles. The molecule has 0 aliphatic carbocycles. The highest BCUT2D eigenvalue weighted by molar-refractivity contribution is 7.60. The fraction of sp³-hybridized carbons (Fsp3) is 0.800. The number of hydrogen-bond acceptors (Lipinski definition) is 4. The van der Waals surface area contributed by atoms with Crippen LogP contribution in [0.4, 0.5) is 22.7 Å². The lowest BCUT2D eigenvalue weighted by Gasteiger charge is -2.43. The van der Waals surface area contributed by atoms with Gasteiger partial charge in [0.15, 0.2) is 30.0 Å². The van der Waals surface area contributed by atoms with Crippen LogP contribution in [-0.2, 0) is 0 Å². The smallest absolute Gasteiger partial charge is 0.171 e. The molecule has 1 aromatic carbocycles. The Labute approximate surface area is 308 Å².